The molecule has 154 valence electrons. The molecule has 2 atom stereocenters. The molecule has 0 bridgehead atoms. The number of alkyl halides is 3. The van der Waals surface area contributed by atoms with Crippen molar-refractivity contribution < 1.29 is 33.0 Å². The van der Waals surface area contributed by atoms with Crippen LogP contribution in [0.1, 0.15) is 17.8 Å². The molecule has 2 amide bonds. The molecule has 1 saturated heterocycles. The van der Waals surface area contributed by atoms with Crippen LogP contribution in [0.25, 0.3) is 11.3 Å². The third kappa shape index (κ3) is 4.59. The fourth-order valence-corrected chi connectivity index (χ4v) is 2.95. The Morgan fingerprint density at radius 3 is 2.62 bits per heavy atom. The van der Waals surface area contributed by atoms with E-state index in [1.54, 1.807) is 0 Å². The normalized spacial score (nSPS) is 19.2. The van der Waals surface area contributed by atoms with Gasteiger partial charge in [-0.2, -0.15) is 13.2 Å². The summed E-state index contributed by atoms with van der Waals surface area (Å²) >= 11 is 0. The van der Waals surface area contributed by atoms with E-state index in [1.807, 2.05) is 0 Å². The highest BCUT2D eigenvalue weighted by Gasteiger charge is 2.41. The Balaban J connectivity index is 1.69. The highest BCUT2D eigenvalue weighted by Crippen LogP contribution is 2.28. The maximum absolute atomic E-state index is 12.6. The minimum Gasteiger partial charge on any atom is -0.465 e. The molecule has 9 nitrogen and oxygen atoms in total. The summed E-state index contributed by atoms with van der Waals surface area (Å²) < 4.78 is 37.8. The lowest BCUT2D eigenvalue weighted by molar-refractivity contribution is -0.141. The standard InChI is InChI=1S/C17H16F3N5O4/c18-17(19,20)13-2-1-9(6-21-13)11-5-10(23-8-24-11)7-22-15(27)14-12(26)3-4-25(14)16(28)29/h1-2,5-6,8,12,14,26H,3-4,7H2,(H,22,27)(H,28,29)/t12-,14+/m1/s1. The number of halogens is 3. The minimum atomic E-state index is -4.55. The Bertz CT molecular complexity index is 907. The summed E-state index contributed by atoms with van der Waals surface area (Å²) in [5.41, 5.74) is -0.0479. The van der Waals surface area contributed by atoms with Crippen LogP contribution in [-0.2, 0) is 17.5 Å². The Labute approximate surface area is 162 Å². The van der Waals surface area contributed by atoms with Crippen LogP contribution in [0.2, 0.25) is 0 Å². The van der Waals surface area contributed by atoms with Crippen molar-refractivity contribution >= 4 is 12.0 Å². The number of aliphatic hydroxyl groups is 1. The number of rotatable bonds is 4. The minimum absolute atomic E-state index is 0.0488. The molecule has 2 aromatic rings. The molecule has 12 heteroatoms. The van der Waals surface area contributed by atoms with Gasteiger partial charge < -0.3 is 15.5 Å². The van der Waals surface area contributed by atoms with Crippen molar-refractivity contribution in [2.75, 3.05) is 6.54 Å². The van der Waals surface area contributed by atoms with Gasteiger partial charge >= 0.3 is 12.3 Å². The first-order chi connectivity index (χ1) is 13.7. The molecule has 0 aromatic carbocycles. The number of aromatic nitrogens is 3. The zero-order valence-corrected chi connectivity index (χ0v) is 14.8. The largest absolute Gasteiger partial charge is 0.465 e. The molecule has 3 heterocycles. The number of carbonyl (C=O) groups excluding carboxylic acids is 1. The molecular formula is C17H16F3N5O4. The first-order valence-electron chi connectivity index (χ1n) is 8.46. The van der Waals surface area contributed by atoms with Gasteiger partial charge in [0.25, 0.3) is 0 Å². The van der Waals surface area contributed by atoms with Gasteiger partial charge in [0.15, 0.2) is 0 Å². The van der Waals surface area contributed by atoms with Crippen molar-refractivity contribution in [3.8, 4) is 11.3 Å². The van der Waals surface area contributed by atoms with E-state index in [2.05, 4.69) is 20.3 Å². The fourth-order valence-electron chi connectivity index (χ4n) is 2.95. The molecule has 3 N–H and O–H groups in total. The van der Waals surface area contributed by atoms with Crippen LogP contribution in [0, 0.1) is 0 Å². The van der Waals surface area contributed by atoms with Crippen molar-refractivity contribution in [3.63, 3.8) is 0 Å². The maximum Gasteiger partial charge on any atom is 0.433 e. The van der Waals surface area contributed by atoms with Gasteiger partial charge in [0.2, 0.25) is 5.91 Å². The number of pyridine rings is 1. The molecule has 0 aliphatic carbocycles. The molecule has 0 saturated carbocycles. The van der Waals surface area contributed by atoms with Gasteiger partial charge in [-0.1, -0.05) is 0 Å². The van der Waals surface area contributed by atoms with Crippen molar-refractivity contribution in [2.24, 2.45) is 0 Å². The zero-order valence-electron chi connectivity index (χ0n) is 14.8. The molecular weight excluding hydrogens is 395 g/mol. The molecule has 2 aromatic heterocycles. The van der Waals surface area contributed by atoms with E-state index in [1.165, 1.54) is 18.5 Å². The molecule has 29 heavy (non-hydrogen) atoms. The summed E-state index contributed by atoms with van der Waals surface area (Å²) in [6.07, 6.45) is -4.58. The first kappa shape index (κ1) is 20.5. The quantitative estimate of drug-likeness (QED) is 0.691. The molecule has 0 unspecified atom stereocenters. The average Bonchev–Trinajstić information content (AvgIpc) is 3.08. The summed E-state index contributed by atoms with van der Waals surface area (Å²) in [4.78, 5) is 35.6. The van der Waals surface area contributed by atoms with Crippen LogP contribution in [0.15, 0.2) is 30.7 Å². The van der Waals surface area contributed by atoms with E-state index in [0.29, 0.717) is 17.0 Å². The number of hydrogen-bond acceptors (Lipinski definition) is 6. The van der Waals surface area contributed by atoms with E-state index in [9.17, 15) is 27.9 Å². The number of carboxylic acid groups (broad SMARTS) is 1. The number of likely N-dealkylation sites (tertiary alicyclic amines) is 1. The molecule has 3 rings (SSSR count). The van der Waals surface area contributed by atoms with Crippen molar-refractivity contribution in [1.29, 1.82) is 0 Å². The number of amides is 2. The zero-order chi connectivity index (χ0) is 21.2. The lowest BCUT2D eigenvalue weighted by Gasteiger charge is -2.22. The highest BCUT2D eigenvalue weighted by molar-refractivity contribution is 5.86. The van der Waals surface area contributed by atoms with Gasteiger partial charge in [-0.15, -0.1) is 0 Å². The highest BCUT2D eigenvalue weighted by atomic mass is 19.4. The Morgan fingerprint density at radius 2 is 2.00 bits per heavy atom. The van der Waals surface area contributed by atoms with Gasteiger partial charge in [-0.05, 0) is 24.6 Å². The van der Waals surface area contributed by atoms with Gasteiger partial charge in [0, 0.05) is 18.3 Å². The number of nitrogens with one attached hydrogen (secondary N) is 1. The average molecular weight is 411 g/mol. The summed E-state index contributed by atoms with van der Waals surface area (Å²) in [6.45, 7) is -0.0355. The predicted molar refractivity (Wildman–Crippen MR) is 91.3 cm³/mol. The topological polar surface area (TPSA) is 129 Å². The van der Waals surface area contributed by atoms with E-state index in [-0.39, 0.29) is 19.5 Å². The van der Waals surface area contributed by atoms with Gasteiger partial charge in [0.05, 0.1) is 24.0 Å². The molecule has 1 aliphatic heterocycles. The van der Waals surface area contributed by atoms with Gasteiger partial charge in [-0.25, -0.2) is 14.8 Å². The van der Waals surface area contributed by atoms with Crippen molar-refractivity contribution in [2.45, 2.75) is 31.3 Å². The molecule has 1 fully saturated rings. The predicted octanol–water partition coefficient (Wildman–Crippen LogP) is 1.29. The third-order valence-electron chi connectivity index (χ3n) is 4.40. The third-order valence-corrected chi connectivity index (χ3v) is 4.40. The van der Waals surface area contributed by atoms with Crippen LogP contribution in [0.3, 0.4) is 0 Å². The smallest absolute Gasteiger partial charge is 0.433 e. The SMILES string of the molecule is O=C(NCc1cc(-c2ccc(C(F)(F)F)nc2)ncn1)[C@@H]1[C@H](O)CCN1C(=O)O. The monoisotopic (exact) mass is 411 g/mol. The summed E-state index contributed by atoms with van der Waals surface area (Å²) in [7, 11) is 0. The number of aliphatic hydroxyl groups excluding tert-OH is 1. The van der Waals surface area contributed by atoms with E-state index >= 15 is 0 Å². The Hall–Kier alpha value is -3.28. The van der Waals surface area contributed by atoms with Crippen molar-refractivity contribution in [1.82, 2.24) is 25.2 Å². The second kappa shape index (κ2) is 7.99. The number of hydrogen-bond donors (Lipinski definition) is 3. The van der Waals surface area contributed by atoms with Crippen molar-refractivity contribution in [3.05, 3.63) is 42.1 Å². The van der Waals surface area contributed by atoms with Crippen LogP contribution in [-0.4, -0.2) is 60.8 Å². The number of carbonyl (C=O) groups is 2. The second-order valence-electron chi connectivity index (χ2n) is 6.32. The van der Waals surface area contributed by atoms with Crippen LogP contribution in [0.5, 0.6) is 0 Å². The molecule has 0 radical (unpaired) electrons. The second-order valence-corrected chi connectivity index (χ2v) is 6.32. The summed E-state index contributed by atoms with van der Waals surface area (Å²) in [6, 6.07) is 2.30. The summed E-state index contributed by atoms with van der Waals surface area (Å²) in [5.74, 6) is -0.672. The molecule has 1 aliphatic rings. The molecule has 0 spiro atoms. The van der Waals surface area contributed by atoms with E-state index < -0.39 is 36.0 Å². The maximum atomic E-state index is 12.6. The lowest BCUT2D eigenvalue weighted by Crippen LogP contribution is -2.49. The van der Waals surface area contributed by atoms with E-state index in [4.69, 9.17) is 5.11 Å². The van der Waals surface area contributed by atoms with Gasteiger partial charge in [-0.3, -0.25) is 14.7 Å². The number of nitrogens with zero attached hydrogens (tertiary/aromatic N) is 4. The lowest BCUT2D eigenvalue weighted by atomic mass is 10.1. The van der Waals surface area contributed by atoms with E-state index in [0.717, 1.165) is 17.2 Å². The Morgan fingerprint density at radius 1 is 1.24 bits per heavy atom. The van der Waals surface area contributed by atoms with Crippen LogP contribution >= 0.6 is 0 Å². The fraction of sp³-hybridized carbons (Fsp3) is 0.353. The van der Waals surface area contributed by atoms with Gasteiger partial charge in [0.1, 0.15) is 18.1 Å². The van der Waals surface area contributed by atoms with Crippen LogP contribution in [0.4, 0.5) is 18.0 Å². The Kier molecular flexibility index (Phi) is 5.64. The van der Waals surface area contributed by atoms with Crippen LogP contribution < -0.4 is 5.32 Å². The summed E-state index contributed by atoms with van der Waals surface area (Å²) in [5, 5.41) is 21.5. The first-order valence-corrected chi connectivity index (χ1v) is 8.46.